The average molecular weight is 677 g/mol. The predicted octanol–water partition coefficient (Wildman–Crippen LogP) is 6.43. The van der Waals surface area contributed by atoms with E-state index in [4.69, 9.17) is 0 Å². The Morgan fingerprint density at radius 1 is 0.841 bits per heavy atom. The summed E-state index contributed by atoms with van der Waals surface area (Å²) in [5.41, 5.74) is 3.81. The van der Waals surface area contributed by atoms with E-state index >= 15 is 0 Å². The van der Waals surface area contributed by atoms with Crippen molar-refractivity contribution in [3.63, 3.8) is 0 Å². The van der Waals surface area contributed by atoms with Crippen LogP contribution in [0.3, 0.4) is 0 Å². The van der Waals surface area contributed by atoms with Crippen molar-refractivity contribution in [3.8, 4) is 0 Å². The van der Waals surface area contributed by atoms with Gasteiger partial charge in [-0.25, -0.2) is 8.42 Å². The van der Waals surface area contributed by atoms with Gasteiger partial charge in [0.15, 0.2) is 0 Å². The number of hydrogen-bond acceptors (Lipinski definition) is 4. The van der Waals surface area contributed by atoms with Crippen LogP contribution in [0.5, 0.6) is 0 Å². The van der Waals surface area contributed by atoms with Gasteiger partial charge in [-0.05, 0) is 67.3 Å². The Morgan fingerprint density at radius 3 is 2.09 bits per heavy atom. The SMILES string of the molecule is CCCNC(=O)[C@H](Cc1ccccc1)N(Cc1ccc(Br)cc1)C(=O)CN(c1ccc(C)cc1C)S(=O)(=O)c1ccccc1. The third kappa shape index (κ3) is 8.36. The van der Waals surface area contributed by atoms with Crippen LogP contribution >= 0.6 is 15.9 Å². The third-order valence-electron chi connectivity index (χ3n) is 7.32. The molecule has 0 radical (unpaired) electrons. The van der Waals surface area contributed by atoms with Crippen molar-refractivity contribution < 1.29 is 18.0 Å². The number of benzene rings is 4. The summed E-state index contributed by atoms with van der Waals surface area (Å²) >= 11 is 3.46. The molecule has 1 atom stereocenters. The maximum atomic E-state index is 14.5. The van der Waals surface area contributed by atoms with Gasteiger partial charge >= 0.3 is 0 Å². The number of sulfonamides is 1. The van der Waals surface area contributed by atoms with Crippen LogP contribution in [0.4, 0.5) is 5.69 Å². The Morgan fingerprint density at radius 2 is 1.48 bits per heavy atom. The van der Waals surface area contributed by atoms with E-state index in [0.29, 0.717) is 12.2 Å². The van der Waals surface area contributed by atoms with Gasteiger partial charge in [0.05, 0.1) is 10.6 Å². The van der Waals surface area contributed by atoms with Gasteiger partial charge in [-0.15, -0.1) is 0 Å². The number of aryl methyl sites for hydroxylation is 2. The van der Waals surface area contributed by atoms with Gasteiger partial charge < -0.3 is 10.2 Å². The predicted molar refractivity (Wildman–Crippen MR) is 179 cm³/mol. The second-order valence-electron chi connectivity index (χ2n) is 10.8. The molecule has 44 heavy (non-hydrogen) atoms. The number of hydrogen-bond donors (Lipinski definition) is 1. The molecule has 9 heteroatoms. The van der Waals surface area contributed by atoms with E-state index in [9.17, 15) is 18.0 Å². The normalized spacial score (nSPS) is 11.9. The van der Waals surface area contributed by atoms with Crippen molar-refractivity contribution in [2.24, 2.45) is 0 Å². The minimum Gasteiger partial charge on any atom is -0.354 e. The summed E-state index contributed by atoms with van der Waals surface area (Å²) in [4.78, 5) is 29.8. The van der Waals surface area contributed by atoms with Crippen molar-refractivity contribution in [1.82, 2.24) is 10.2 Å². The summed E-state index contributed by atoms with van der Waals surface area (Å²) in [7, 11) is -4.14. The minimum absolute atomic E-state index is 0.0776. The van der Waals surface area contributed by atoms with E-state index in [2.05, 4.69) is 21.2 Å². The van der Waals surface area contributed by atoms with Crippen molar-refractivity contribution in [3.05, 3.63) is 130 Å². The molecule has 4 aromatic rings. The molecular weight excluding hydrogens is 638 g/mol. The molecule has 0 aliphatic carbocycles. The molecule has 0 aliphatic rings. The molecule has 0 spiro atoms. The molecule has 2 amide bonds. The average Bonchev–Trinajstić information content (AvgIpc) is 3.02. The monoisotopic (exact) mass is 675 g/mol. The highest BCUT2D eigenvalue weighted by molar-refractivity contribution is 9.10. The number of nitrogens with one attached hydrogen (secondary N) is 1. The first-order valence-electron chi connectivity index (χ1n) is 14.6. The highest BCUT2D eigenvalue weighted by Crippen LogP contribution is 2.28. The van der Waals surface area contributed by atoms with Gasteiger partial charge in [0.25, 0.3) is 10.0 Å². The molecular formula is C35H38BrN3O4S. The zero-order valence-corrected chi connectivity index (χ0v) is 27.6. The van der Waals surface area contributed by atoms with Crippen LogP contribution in [0.2, 0.25) is 0 Å². The second kappa shape index (κ2) is 15.2. The van der Waals surface area contributed by atoms with Crippen molar-refractivity contribution >= 4 is 43.5 Å². The van der Waals surface area contributed by atoms with Crippen LogP contribution in [0.1, 0.15) is 35.6 Å². The molecule has 7 nitrogen and oxygen atoms in total. The first-order valence-corrected chi connectivity index (χ1v) is 16.8. The summed E-state index contributed by atoms with van der Waals surface area (Å²) in [5, 5.41) is 2.97. The first-order chi connectivity index (χ1) is 21.1. The molecule has 4 rings (SSSR count). The Kier molecular flexibility index (Phi) is 11.4. The van der Waals surface area contributed by atoms with E-state index < -0.39 is 28.5 Å². The van der Waals surface area contributed by atoms with Gasteiger partial charge in [-0.2, -0.15) is 0 Å². The van der Waals surface area contributed by atoms with Crippen LogP contribution in [0.25, 0.3) is 0 Å². The zero-order valence-electron chi connectivity index (χ0n) is 25.2. The third-order valence-corrected chi connectivity index (χ3v) is 9.62. The summed E-state index contributed by atoms with van der Waals surface area (Å²) in [5.74, 6) is -0.773. The number of amides is 2. The second-order valence-corrected chi connectivity index (χ2v) is 13.5. The lowest BCUT2D eigenvalue weighted by atomic mass is 10.0. The van der Waals surface area contributed by atoms with E-state index in [1.54, 1.807) is 24.3 Å². The number of nitrogens with zero attached hydrogens (tertiary/aromatic N) is 2. The zero-order chi connectivity index (χ0) is 31.7. The fourth-order valence-electron chi connectivity index (χ4n) is 5.02. The largest absolute Gasteiger partial charge is 0.354 e. The Balaban J connectivity index is 1.81. The molecule has 0 unspecified atom stereocenters. The number of carbonyl (C=O) groups excluding carboxylic acids is 2. The number of halogens is 1. The quantitative estimate of drug-likeness (QED) is 0.177. The van der Waals surface area contributed by atoms with E-state index in [1.807, 2.05) is 87.5 Å². The maximum Gasteiger partial charge on any atom is 0.264 e. The lowest BCUT2D eigenvalue weighted by Gasteiger charge is -2.34. The molecule has 0 fully saturated rings. The molecule has 0 saturated carbocycles. The molecule has 1 N–H and O–H groups in total. The smallest absolute Gasteiger partial charge is 0.264 e. The lowest BCUT2D eigenvalue weighted by molar-refractivity contribution is -0.140. The van der Waals surface area contributed by atoms with Crippen LogP contribution < -0.4 is 9.62 Å². The van der Waals surface area contributed by atoms with Crippen LogP contribution in [-0.2, 0) is 32.6 Å². The van der Waals surface area contributed by atoms with Gasteiger partial charge in [-0.1, -0.05) is 101 Å². The van der Waals surface area contributed by atoms with Crippen LogP contribution in [-0.4, -0.2) is 44.3 Å². The number of rotatable bonds is 13. The highest BCUT2D eigenvalue weighted by atomic mass is 79.9. The minimum atomic E-state index is -4.14. The van der Waals surface area contributed by atoms with E-state index in [-0.39, 0.29) is 23.8 Å². The van der Waals surface area contributed by atoms with Gasteiger partial charge in [0.1, 0.15) is 12.6 Å². The fourth-order valence-corrected chi connectivity index (χ4v) is 6.79. The molecule has 0 aromatic heterocycles. The lowest BCUT2D eigenvalue weighted by Crippen LogP contribution is -2.53. The molecule has 0 bridgehead atoms. The molecule has 230 valence electrons. The van der Waals surface area contributed by atoms with Gasteiger partial charge in [0.2, 0.25) is 11.8 Å². The fraction of sp³-hybridized carbons (Fsp3) is 0.257. The Bertz CT molecular complexity index is 1660. The molecule has 4 aromatic carbocycles. The van der Waals surface area contributed by atoms with E-state index in [1.165, 1.54) is 17.0 Å². The summed E-state index contributed by atoms with van der Waals surface area (Å²) in [6.45, 7) is 5.82. The Labute approximate surface area is 269 Å². The molecule has 0 saturated heterocycles. The van der Waals surface area contributed by atoms with Crippen LogP contribution in [0, 0.1) is 13.8 Å². The highest BCUT2D eigenvalue weighted by Gasteiger charge is 2.35. The molecule has 0 heterocycles. The number of anilines is 1. The molecule has 0 aliphatic heterocycles. The first kappa shape index (κ1) is 33.0. The maximum absolute atomic E-state index is 14.5. The Hall–Kier alpha value is -3.95. The van der Waals surface area contributed by atoms with Gasteiger partial charge in [0, 0.05) is 24.0 Å². The summed E-state index contributed by atoms with van der Waals surface area (Å²) in [6.07, 6.45) is 1.01. The summed E-state index contributed by atoms with van der Waals surface area (Å²) in [6, 6.07) is 29.7. The van der Waals surface area contributed by atoms with Crippen LogP contribution in [0.15, 0.2) is 112 Å². The number of carbonyl (C=O) groups is 2. The van der Waals surface area contributed by atoms with Crippen molar-refractivity contribution in [2.75, 3.05) is 17.4 Å². The van der Waals surface area contributed by atoms with Gasteiger partial charge in [-0.3, -0.25) is 13.9 Å². The van der Waals surface area contributed by atoms with Crippen molar-refractivity contribution in [1.29, 1.82) is 0 Å². The standard InChI is InChI=1S/C35H38BrN3O4S/c1-4-21-37-35(41)33(23-28-11-7-5-8-12-28)38(24-29-16-18-30(36)19-17-29)34(40)25-39(32-20-15-26(2)22-27(32)3)44(42,43)31-13-9-6-10-14-31/h5-20,22,33H,4,21,23-25H2,1-3H3,(H,37,41)/t33-/m0/s1. The summed E-state index contributed by atoms with van der Waals surface area (Å²) < 4.78 is 30.3. The van der Waals surface area contributed by atoms with E-state index in [0.717, 1.165) is 37.5 Å². The topological polar surface area (TPSA) is 86.8 Å². The van der Waals surface area contributed by atoms with Crippen molar-refractivity contribution in [2.45, 2.75) is 51.1 Å².